The van der Waals surface area contributed by atoms with E-state index in [2.05, 4.69) is 24.1 Å². The molecule has 0 aliphatic carbocycles. The predicted octanol–water partition coefficient (Wildman–Crippen LogP) is 2.16. The lowest BCUT2D eigenvalue weighted by atomic mass is 10.1. The van der Waals surface area contributed by atoms with Gasteiger partial charge in [-0.05, 0) is 44.6 Å². The van der Waals surface area contributed by atoms with E-state index in [0.29, 0.717) is 12.1 Å². The molecular formula is C15H24N2O2. The van der Waals surface area contributed by atoms with E-state index in [1.54, 1.807) is 25.1 Å². The zero-order chi connectivity index (χ0) is 14.3. The first-order valence-electron chi connectivity index (χ1n) is 6.89. The van der Waals surface area contributed by atoms with Crippen molar-refractivity contribution in [2.24, 2.45) is 0 Å². The number of para-hydroxylation sites is 1. The molecule has 0 fully saturated rings. The van der Waals surface area contributed by atoms with Crippen LogP contribution in [0.2, 0.25) is 0 Å². The molecule has 0 spiro atoms. The van der Waals surface area contributed by atoms with Gasteiger partial charge in [0.15, 0.2) is 0 Å². The maximum Gasteiger partial charge on any atom is 0.255 e. The minimum Gasteiger partial charge on any atom is -0.507 e. The standard InChI is InChI=1S/C15H24N2O2/c1-4-17(5-2)11-7-10-16-15(19)13-9-6-8-12(3)14(13)18/h6,8-9,18H,4-5,7,10-11H2,1-3H3,(H,16,19). The van der Waals surface area contributed by atoms with Gasteiger partial charge in [-0.1, -0.05) is 26.0 Å². The molecule has 2 N–H and O–H groups in total. The molecule has 0 aromatic heterocycles. The quantitative estimate of drug-likeness (QED) is 0.742. The van der Waals surface area contributed by atoms with E-state index in [0.717, 1.165) is 31.6 Å². The first-order chi connectivity index (χ1) is 9.10. The Morgan fingerprint density at radius 1 is 1.32 bits per heavy atom. The van der Waals surface area contributed by atoms with Crippen molar-refractivity contribution in [2.75, 3.05) is 26.2 Å². The van der Waals surface area contributed by atoms with Gasteiger partial charge in [-0.15, -0.1) is 0 Å². The third kappa shape index (κ3) is 4.56. The van der Waals surface area contributed by atoms with Gasteiger partial charge in [0.2, 0.25) is 0 Å². The third-order valence-corrected chi connectivity index (χ3v) is 3.31. The highest BCUT2D eigenvalue weighted by atomic mass is 16.3. The lowest BCUT2D eigenvalue weighted by Crippen LogP contribution is -2.30. The largest absolute Gasteiger partial charge is 0.507 e. The summed E-state index contributed by atoms with van der Waals surface area (Å²) in [6.07, 6.45) is 0.917. The fraction of sp³-hybridized carbons (Fsp3) is 0.533. The maximum absolute atomic E-state index is 11.9. The summed E-state index contributed by atoms with van der Waals surface area (Å²) >= 11 is 0. The first-order valence-corrected chi connectivity index (χ1v) is 6.89. The molecule has 0 heterocycles. The summed E-state index contributed by atoms with van der Waals surface area (Å²) in [6.45, 7) is 9.72. The molecule has 0 bridgehead atoms. The monoisotopic (exact) mass is 264 g/mol. The van der Waals surface area contributed by atoms with Crippen molar-refractivity contribution in [1.29, 1.82) is 0 Å². The number of aromatic hydroxyl groups is 1. The van der Waals surface area contributed by atoms with Crippen molar-refractivity contribution in [1.82, 2.24) is 10.2 Å². The van der Waals surface area contributed by atoms with Crippen LogP contribution in [0.4, 0.5) is 0 Å². The number of amides is 1. The number of hydrogen-bond acceptors (Lipinski definition) is 3. The number of benzene rings is 1. The van der Waals surface area contributed by atoms with Crippen LogP contribution >= 0.6 is 0 Å². The number of aryl methyl sites for hydroxylation is 1. The summed E-state index contributed by atoms with van der Waals surface area (Å²) < 4.78 is 0. The molecule has 0 aliphatic rings. The fourth-order valence-corrected chi connectivity index (χ4v) is 1.98. The molecule has 1 aromatic rings. The highest BCUT2D eigenvalue weighted by Crippen LogP contribution is 2.20. The van der Waals surface area contributed by atoms with Gasteiger partial charge in [0, 0.05) is 6.54 Å². The Bertz CT molecular complexity index is 415. The highest BCUT2D eigenvalue weighted by Gasteiger charge is 2.11. The topological polar surface area (TPSA) is 52.6 Å². The molecule has 1 aromatic carbocycles. The number of phenolic OH excluding ortho intramolecular Hbond substituents is 1. The van der Waals surface area contributed by atoms with Crippen molar-refractivity contribution < 1.29 is 9.90 Å². The molecular weight excluding hydrogens is 240 g/mol. The van der Waals surface area contributed by atoms with Crippen molar-refractivity contribution in [3.05, 3.63) is 29.3 Å². The number of rotatable bonds is 7. The number of hydrogen-bond donors (Lipinski definition) is 2. The Hall–Kier alpha value is -1.55. The summed E-state index contributed by atoms with van der Waals surface area (Å²) in [5, 5.41) is 12.7. The summed E-state index contributed by atoms with van der Waals surface area (Å²) in [6, 6.07) is 5.20. The van der Waals surface area contributed by atoms with Crippen LogP contribution in [-0.2, 0) is 0 Å². The first kappa shape index (κ1) is 15.5. The average molecular weight is 264 g/mol. The number of carbonyl (C=O) groups excluding carboxylic acids is 1. The molecule has 0 saturated heterocycles. The fourth-order valence-electron chi connectivity index (χ4n) is 1.98. The molecule has 4 heteroatoms. The van der Waals surface area contributed by atoms with E-state index in [-0.39, 0.29) is 11.7 Å². The van der Waals surface area contributed by atoms with Gasteiger partial charge in [-0.3, -0.25) is 4.79 Å². The van der Waals surface area contributed by atoms with Crippen LogP contribution in [-0.4, -0.2) is 42.1 Å². The number of nitrogens with zero attached hydrogens (tertiary/aromatic N) is 1. The minimum atomic E-state index is -0.208. The zero-order valence-corrected chi connectivity index (χ0v) is 12.1. The average Bonchev–Trinajstić information content (AvgIpc) is 2.42. The molecule has 1 amide bonds. The van der Waals surface area contributed by atoms with Gasteiger partial charge in [0.25, 0.3) is 5.91 Å². The number of phenols is 1. The zero-order valence-electron chi connectivity index (χ0n) is 12.1. The molecule has 0 unspecified atom stereocenters. The Labute approximate surface area is 115 Å². The van der Waals surface area contributed by atoms with Gasteiger partial charge in [-0.2, -0.15) is 0 Å². The van der Waals surface area contributed by atoms with Gasteiger partial charge in [-0.25, -0.2) is 0 Å². The normalized spacial score (nSPS) is 10.7. The summed E-state index contributed by atoms with van der Waals surface area (Å²) in [7, 11) is 0. The number of carbonyl (C=O) groups is 1. The molecule has 4 nitrogen and oxygen atoms in total. The summed E-state index contributed by atoms with van der Waals surface area (Å²) in [5.74, 6) is -0.135. The van der Waals surface area contributed by atoms with E-state index < -0.39 is 0 Å². The van der Waals surface area contributed by atoms with Crippen LogP contribution in [0.3, 0.4) is 0 Å². The van der Waals surface area contributed by atoms with Crippen LogP contribution in [0.5, 0.6) is 5.75 Å². The van der Waals surface area contributed by atoms with Gasteiger partial charge in [0.1, 0.15) is 5.75 Å². The molecule has 0 radical (unpaired) electrons. The van der Waals surface area contributed by atoms with E-state index in [1.165, 1.54) is 0 Å². The van der Waals surface area contributed by atoms with Crippen molar-refractivity contribution in [3.8, 4) is 5.75 Å². The van der Waals surface area contributed by atoms with Crippen molar-refractivity contribution >= 4 is 5.91 Å². The number of nitrogens with one attached hydrogen (secondary N) is 1. The van der Waals surface area contributed by atoms with E-state index >= 15 is 0 Å². The smallest absolute Gasteiger partial charge is 0.255 e. The Balaban J connectivity index is 2.41. The highest BCUT2D eigenvalue weighted by molar-refractivity contribution is 5.97. The van der Waals surface area contributed by atoms with Crippen LogP contribution in [0, 0.1) is 6.92 Å². The lowest BCUT2D eigenvalue weighted by molar-refractivity contribution is 0.0949. The van der Waals surface area contributed by atoms with E-state index in [4.69, 9.17) is 0 Å². The molecule has 1 rings (SSSR count). The summed E-state index contributed by atoms with van der Waals surface area (Å²) in [4.78, 5) is 14.2. The lowest BCUT2D eigenvalue weighted by Gasteiger charge is -2.17. The van der Waals surface area contributed by atoms with Crippen LogP contribution in [0.1, 0.15) is 36.2 Å². The molecule has 106 valence electrons. The Morgan fingerprint density at radius 2 is 2.00 bits per heavy atom. The maximum atomic E-state index is 11.9. The van der Waals surface area contributed by atoms with Crippen molar-refractivity contribution in [3.63, 3.8) is 0 Å². The SMILES string of the molecule is CCN(CC)CCCNC(=O)c1cccc(C)c1O. The summed E-state index contributed by atoms with van der Waals surface area (Å²) in [5.41, 5.74) is 1.07. The second-order valence-electron chi connectivity index (χ2n) is 4.61. The second-order valence-corrected chi connectivity index (χ2v) is 4.61. The van der Waals surface area contributed by atoms with Crippen LogP contribution in [0.25, 0.3) is 0 Å². The van der Waals surface area contributed by atoms with Crippen LogP contribution in [0.15, 0.2) is 18.2 Å². The van der Waals surface area contributed by atoms with Crippen molar-refractivity contribution in [2.45, 2.75) is 27.2 Å². The van der Waals surface area contributed by atoms with Gasteiger partial charge >= 0.3 is 0 Å². The third-order valence-electron chi connectivity index (χ3n) is 3.31. The van der Waals surface area contributed by atoms with Gasteiger partial charge < -0.3 is 15.3 Å². The predicted molar refractivity (Wildman–Crippen MR) is 77.6 cm³/mol. The molecule has 0 aliphatic heterocycles. The van der Waals surface area contributed by atoms with E-state index in [1.807, 2.05) is 0 Å². The molecule has 0 atom stereocenters. The molecule has 0 saturated carbocycles. The second kappa shape index (κ2) is 7.79. The Morgan fingerprint density at radius 3 is 2.63 bits per heavy atom. The Kier molecular flexibility index (Phi) is 6.36. The van der Waals surface area contributed by atoms with E-state index in [9.17, 15) is 9.90 Å². The molecule has 19 heavy (non-hydrogen) atoms. The van der Waals surface area contributed by atoms with Crippen LogP contribution < -0.4 is 5.32 Å². The minimum absolute atomic E-state index is 0.0729. The van der Waals surface area contributed by atoms with Gasteiger partial charge in [0.05, 0.1) is 5.56 Å².